The van der Waals surface area contributed by atoms with E-state index in [-0.39, 0.29) is 0 Å². The van der Waals surface area contributed by atoms with Crippen LogP contribution in [-0.2, 0) is 0 Å². The Bertz CT molecular complexity index is 2740. The summed E-state index contributed by atoms with van der Waals surface area (Å²) in [5.41, 5.74) is 8.24. The lowest BCUT2D eigenvalue weighted by molar-refractivity contribution is 0.662. The Morgan fingerprint density at radius 3 is 1.84 bits per heavy atom. The molecule has 0 aliphatic rings. The van der Waals surface area contributed by atoms with Crippen LogP contribution in [0.1, 0.15) is 0 Å². The molecule has 0 atom stereocenters. The van der Waals surface area contributed by atoms with Crippen molar-refractivity contribution in [3.63, 3.8) is 0 Å². The van der Waals surface area contributed by atoms with Crippen LogP contribution in [0.5, 0.6) is 0 Å². The smallest absolute Gasteiger partial charge is 0.147 e. The van der Waals surface area contributed by atoms with E-state index in [9.17, 15) is 0 Å². The van der Waals surface area contributed by atoms with Gasteiger partial charge in [0.1, 0.15) is 33.5 Å². The Kier molecular flexibility index (Phi) is 4.69. The minimum absolute atomic E-state index is 0.829. The van der Waals surface area contributed by atoms with Crippen LogP contribution < -0.4 is 4.90 Å². The largest absolute Gasteiger partial charge is 0.456 e. The van der Waals surface area contributed by atoms with Crippen LogP contribution in [0.15, 0.2) is 153 Å². The molecule has 10 rings (SSSR count). The van der Waals surface area contributed by atoms with Crippen molar-refractivity contribution >= 4 is 93.7 Å². The van der Waals surface area contributed by atoms with Gasteiger partial charge in [-0.3, -0.25) is 0 Å². The van der Waals surface area contributed by atoms with Gasteiger partial charge in [0.25, 0.3) is 0 Å². The molecule has 0 amide bonds. The van der Waals surface area contributed by atoms with Crippen LogP contribution in [0.2, 0.25) is 0 Å². The van der Waals surface area contributed by atoms with E-state index >= 15 is 0 Å². The molecular formula is C40H23NO3. The maximum Gasteiger partial charge on any atom is 0.147 e. The summed E-state index contributed by atoms with van der Waals surface area (Å²) in [4.78, 5) is 2.29. The lowest BCUT2D eigenvalue weighted by atomic mass is 10.1. The van der Waals surface area contributed by atoms with Crippen molar-refractivity contribution in [3.8, 4) is 0 Å². The zero-order chi connectivity index (χ0) is 28.8. The van der Waals surface area contributed by atoms with E-state index in [1.54, 1.807) is 0 Å². The number of nitrogens with zero attached hydrogens (tertiary/aromatic N) is 1. The van der Waals surface area contributed by atoms with Crippen molar-refractivity contribution < 1.29 is 13.3 Å². The van der Waals surface area contributed by atoms with Crippen LogP contribution in [0.25, 0.3) is 76.6 Å². The van der Waals surface area contributed by atoms with E-state index in [0.717, 1.165) is 82.9 Å². The van der Waals surface area contributed by atoms with Gasteiger partial charge in [0.2, 0.25) is 0 Å². The third-order valence-corrected chi connectivity index (χ3v) is 8.83. The van der Waals surface area contributed by atoms with Gasteiger partial charge in [0, 0.05) is 50.1 Å². The number of hydrogen-bond acceptors (Lipinski definition) is 4. The molecule has 0 aliphatic carbocycles. The first kappa shape index (κ1) is 23.6. The van der Waals surface area contributed by atoms with Gasteiger partial charge in [-0.1, -0.05) is 66.7 Å². The minimum Gasteiger partial charge on any atom is -0.456 e. The number of furan rings is 3. The highest BCUT2D eigenvalue weighted by molar-refractivity contribution is 6.22. The first-order chi connectivity index (χ1) is 21.8. The normalized spacial score (nSPS) is 12.1. The molecule has 206 valence electrons. The quantitative estimate of drug-likeness (QED) is 0.214. The first-order valence-corrected chi connectivity index (χ1v) is 14.8. The van der Waals surface area contributed by atoms with Crippen LogP contribution in [0.4, 0.5) is 17.1 Å². The average Bonchev–Trinajstić information content (AvgIpc) is 3.75. The van der Waals surface area contributed by atoms with Crippen molar-refractivity contribution in [1.82, 2.24) is 0 Å². The van der Waals surface area contributed by atoms with Gasteiger partial charge in [0.15, 0.2) is 0 Å². The molecule has 0 bridgehead atoms. The summed E-state index contributed by atoms with van der Waals surface area (Å²) in [6, 6.07) is 48.5. The van der Waals surface area contributed by atoms with Crippen LogP contribution in [0.3, 0.4) is 0 Å². The Labute approximate surface area is 250 Å². The number of fused-ring (bicyclic) bond motifs is 11. The minimum atomic E-state index is 0.829. The number of anilines is 3. The van der Waals surface area contributed by atoms with E-state index in [1.165, 1.54) is 10.8 Å². The highest BCUT2D eigenvalue weighted by Gasteiger charge is 2.20. The molecule has 0 spiro atoms. The fraction of sp³-hybridized carbons (Fsp3) is 0. The van der Waals surface area contributed by atoms with Crippen LogP contribution in [0, 0.1) is 0 Å². The van der Waals surface area contributed by atoms with E-state index in [4.69, 9.17) is 13.3 Å². The summed E-state index contributed by atoms with van der Waals surface area (Å²) >= 11 is 0. The number of benzene rings is 7. The second kappa shape index (κ2) is 8.76. The van der Waals surface area contributed by atoms with Gasteiger partial charge >= 0.3 is 0 Å². The number of para-hydroxylation sites is 2. The fourth-order valence-corrected chi connectivity index (χ4v) is 6.79. The standard InChI is InChI=1S/C40H23NO3/c1-2-8-25-21-26(14-13-24(25)7-1)41(28-15-17-30-29-9-3-5-11-34(29)43-38(30)23-28)27-16-19-36-33(22-27)31-18-20-37-39(40(31)44-36)32-10-4-6-12-35(32)42-37/h1-23H. The zero-order valence-corrected chi connectivity index (χ0v) is 23.5. The zero-order valence-electron chi connectivity index (χ0n) is 23.5. The van der Waals surface area contributed by atoms with Crippen molar-refractivity contribution in [2.75, 3.05) is 4.90 Å². The van der Waals surface area contributed by atoms with Gasteiger partial charge in [-0.2, -0.15) is 0 Å². The van der Waals surface area contributed by atoms with Gasteiger partial charge in [-0.05, 0) is 77.5 Å². The molecule has 7 aromatic carbocycles. The lowest BCUT2D eigenvalue weighted by Crippen LogP contribution is -2.09. The number of rotatable bonds is 3. The molecule has 0 saturated carbocycles. The van der Waals surface area contributed by atoms with Crippen LogP contribution >= 0.6 is 0 Å². The lowest BCUT2D eigenvalue weighted by Gasteiger charge is -2.26. The van der Waals surface area contributed by atoms with Gasteiger partial charge in [-0.15, -0.1) is 0 Å². The molecule has 0 fully saturated rings. The topological polar surface area (TPSA) is 42.7 Å². The summed E-state index contributed by atoms with van der Waals surface area (Å²) in [5.74, 6) is 0. The van der Waals surface area contributed by atoms with Crippen molar-refractivity contribution in [1.29, 1.82) is 0 Å². The second-order valence-corrected chi connectivity index (χ2v) is 11.3. The number of hydrogen-bond donors (Lipinski definition) is 0. The summed E-state index contributed by atoms with van der Waals surface area (Å²) < 4.78 is 19.0. The summed E-state index contributed by atoms with van der Waals surface area (Å²) in [7, 11) is 0. The molecule has 3 aromatic heterocycles. The Hall–Kier alpha value is -6.00. The van der Waals surface area contributed by atoms with Crippen molar-refractivity contribution in [2.45, 2.75) is 0 Å². The molecule has 0 N–H and O–H groups in total. The van der Waals surface area contributed by atoms with Gasteiger partial charge in [-0.25, -0.2) is 0 Å². The summed E-state index contributed by atoms with van der Waals surface area (Å²) in [6.07, 6.45) is 0. The predicted octanol–water partition coefficient (Wildman–Crippen LogP) is 12.0. The second-order valence-electron chi connectivity index (χ2n) is 11.3. The molecule has 0 radical (unpaired) electrons. The van der Waals surface area contributed by atoms with E-state index < -0.39 is 0 Å². The molecule has 0 saturated heterocycles. The molecule has 4 nitrogen and oxygen atoms in total. The third kappa shape index (κ3) is 3.33. The molecular weight excluding hydrogens is 542 g/mol. The molecule has 0 unspecified atom stereocenters. The van der Waals surface area contributed by atoms with E-state index in [2.05, 4.69) is 114 Å². The van der Waals surface area contributed by atoms with E-state index in [0.29, 0.717) is 0 Å². The SMILES string of the molecule is c1ccc2cc(N(c3ccc4c(c3)oc3ccccc34)c3ccc4oc5c(ccc6oc7ccccc7c65)c4c3)ccc2c1. The molecule has 10 aromatic rings. The Morgan fingerprint density at radius 2 is 0.932 bits per heavy atom. The average molecular weight is 566 g/mol. The van der Waals surface area contributed by atoms with Crippen molar-refractivity contribution in [2.24, 2.45) is 0 Å². The Morgan fingerprint density at radius 1 is 0.341 bits per heavy atom. The molecule has 0 aliphatic heterocycles. The maximum atomic E-state index is 6.53. The Balaban J connectivity index is 1.22. The van der Waals surface area contributed by atoms with Gasteiger partial charge < -0.3 is 18.2 Å². The molecule has 3 heterocycles. The highest BCUT2D eigenvalue weighted by atomic mass is 16.3. The monoisotopic (exact) mass is 565 g/mol. The molecule has 44 heavy (non-hydrogen) atoms. The predicted molar refractivity (Wildman–Crippen MR) is 180 cm³/mol. The fourth-order valence-electron chi connectivity index (χ4n) is 6.79. The van der Waals surface area contributed by atoms with Gasteiger partial charge in [0.05, 0.1) is 5.39 Å². The first-order valence-electron chi connectivity index (χ1n) is 14.8. The highest BCUT2D eigenvalue weighted by Crippen LogP contribution is 2.43. The maximum absolute atomic E-state index is 6.53. The third-order valence-electron chi connectivity index (χ3n) is 8.83. The summed E-state index contributed by atoms with van der Waals surface area (Å²) in [6.45, 7) is 0. The summed E-state index contributed by atoms with van der Waals surface area (Å²) in [5, 5.41) is 8.81. The van der Waals surface area contributed by atoms with E-state index in [1.807, 2.05) is 30.3 Å². The van der Waals surface area contributed by atoms with Crippen molar-refractivity contribution in [3.05, 3.63) is 140 Å². The molecule has 4 heteroatoms. The van der Waals surface area contributed by atoms with Crippen LogP contribution in [-0.4, -0.2) is 0 Å².